The smallest absolute Gasteiger partial charge is 0.417 e. The van der Waals surface area contributed by atoms with Crippen molar-refractivity contribution in [3.8, 4) is 0 Å². The Morgan fingerprint density at radius 3 is 2.32 bits per heavy atom. The van der Waals surface area contributed by atoms with Gasteiger partial charge in [-0.15, -0.1) is 0 Å². The van der Waals surface area contributed by atoms with Crippen molar-refractivity contribution in [2.75, 3.05) is 32.8 Å². The van der Waals surface area contributed by atoms with Crippen LogP contribution >= 0.6 is 0 Å². The molecular weight excluding hydrogens is 451 g/mol. The van der Waals surface area contributed by atoms with Crippen LogP contribution in [0.4, 0.5) is 18.0 Å². The molecule has 1 N–H and O–H groups in total. The first kappa shape index (κ1) is 24.3. The fraction of sp³-hybridized carbons (Fsp3) is 0.625. The summed E-state index contributed by atoms with van der Waals surface area (Å²) in [6, 6.07) is 4.87. The van der Waals surface area contributed by atoms with E-state index in [1.807, 2.05) is 0 Å². The summed E-state index contributed by atoms with van der Waals surface area (Å²) < 4.78 is 44.9. The summed E-state index contributed by atoms with van der Waals surface area (Å²) >= 11 is 0. The SMILES string of the molecule is CCOC(=O)N1CCC(NC(=O)[C@@H]2CC23CCN(C(=O)c2ccccc2C(F)(F)F)CC3)CC1. The zero-order valence-electron chi connectivity index (χ0n) is 19.2. The van der Waals surface area contributed by atoms with Gasteiger partial charge in [-0.25, -0.2) is 4.79 Å². The van der Waals surface area contributed by atoms with Gasteiger partial charge in [0.1, 0.15) is 0 Å². The van der Waals surface area contributed by atoms with Gasteiger partial charge in [0, 0.05) is 38.1 Å². The van der Waals surface area contributed by atoms with Crippen LogP contribution in [0.15, 0.2) is 24.3 Å². The van der Waals surface area contributed by atoms with Gasteiger partial charge in [-0.05, 0) is 56.6 Å². The second-order valence-electron chi connectivity index (χ2n) is 9.42. The highest BCUT2D eigenvalue weighted by Crippen LogP contribution is 2.59. The molecule has 34 heavy (non-hydrogen) atoms. The number of hydrogen-bond donors (Lipinski definition) is 1. The normalized spacial score (nSPS) is 22.4. The number of halogens is 3. The fourth-order valence-electron chi connectivity index (χ4n) is 5.24. The number of carbonyl (C=O) groups is 3. The first-order valence-electron chi connectivity index (χ1n) is 11.8. The van der Waals surface area contributed by atoms with Crippen molar-refractivity contribution in [2.45, 2.75) is 51.2 Å². The van der Waals surface area contributed by atoms with Crippen molar-refractivity contribution in [1.29, 1.82) is 0 Å². The van der Waals surface area contributed by atoms with Gasteiger partial charge in [0.15, 0.2) is 0 Å². The van der Waals surface area contributed by atoms with Gasteiger partial charge in [0.05, 0.1) is 17.7 Å². The maximum atomic E-state index is 13.3. The molecule has 1 atom stereocenters. The van der Waals surface area contributed by atoms with Crippen LogP contribution in [0, 0.1) is 11.3 Å². The largest absolute Gasteiger partial charge is 0.450 e. The highest BCUT2D eigenvalue weighted by atomic mass is 19.4. The predicted octanol–water partition coefficient (Wildman–Crippen LogP) is 3.68. The molecule has 3 aliphatic rings. The predicted molar refractivity (Wildman–Crippen MR) is 117 cm³/mol. The highest BCUT2D eigenvalue weighted by molar-refractivity contribution is 5.96. The van der Waals surface area contributed by atoms with Crippen LogP contribution in [0.5, 0.6) is 0 Å². The Morgan fingerprint density at radius 2 is 1.71 bits per heavy atom. The van der Waals surface area contributed by atoms with Crippen LogP contribution < -0.4 is 5.32 Å². The number of nitrogens with one attached hydrogen (secondary N) is 1. The standard InChI is InChI=1S/C24H30F3N3O4/c1-2-34-22(33)30-11-7-16(8-12-30)28-20(31)19-15-23(19)9-13-29(14-10-23)21(32)17-5-3-4-6-18(17)24(25,26)27/h3-6,16,19H,2,7-15H2,1H3,(H,28,31)/t19-/m0/s1. The Morgan fingerprint density at radius 1 is 1.06 bits per heavy atom. The molecule has 1 aromatic carbocycles. The number of amides is 3. The van der Waals surface area contributed by atoms with Crippen molar-refractivity contribution < 1.29 is 32.3 Å². The second-order valence-corrected chi connectivity index (χ2v) is 9.42. The van der Waals surface area contributed by atoms with E-state index >= 15 is 0 Å². The summed E-state index contributed by atoms with van der Waals surface area (Å²) in [4.78, 5) is 40.6. The monoisotopic (exact) mass is 481 g/mol. The van der Waals surface area contributed by atoms with Crippen LogP contribution in [0.3, 0.4) is 0 Å². The molecule has 1 spiro atoms. The molecule has 10 heteroatoms. The van der Waals surface area contributed by atoms with Crippen LogP contribution in [-0.4, -0.2) is 66.5 Å². The van der Waals surface area contributed by atoms with Gasteiger partial charge in [-0.1, -0.05) is 12.1 Å². The minimum Gasteiger partial charge on any atom is -0.450 e. The molecule has 0 radical (unpaired) electrons. The Bertz CT molecular complexity index is 936. The van der Waals surface area contributed by atoms with Gasteiger partial charge in [-0.2, -0.15) is 13.2 Å². The van der Waals surface area contributed by atoms with Crippen molar-refractivity contribution in [3.63, 3.8) is 0 Å². The lowest BCUT2D eigenvalue weighted by atomic mass is 9.90. The lowest BCUT2D eigenvalue weighted by molar-refractivity contribution is -0.138. The third-order valence-electron chi connectivity index (χ3n) is 7.38. The second kappa shape index (κ2) is 9.46. The van der Waals surface area contributed by atoms with E-state index < -0.39 is 17.6 Å². The molecule has 1 aliphatic carbocycles. The molecule has 2 saturated heterocycles. The Labute approximate surface area is 196 Å². The minimum atomic E-state index is -4.59. The molecule has 0 aromatic heterocycles. The highest BCUT2D eigenvalue weighted by Gasteiger charge is 2.59. The van der Waals surface area contributed by atoms with Crippen molar-refractivity contribution >= 4 is 17.9 Å². The number of carbonyl (C=O) groups excluding carboxylic acids is 3. The molecule has 0 bridgehead atoms. The first-order valence-corrected chi connectivity index (χ1v) is 11.8. The molecule has 3 fully saturated rings. The van der Waals surface area contributed by atoms with E-state index in [1.54, 1.807) is 11.8 Å². The molecule has 4 rings (SSSR count). The van der Waals surface area contributed by atoms with Gasteiger partial charge in [0.2, 0.25) is 5.91 Å². The molecule has 2 heterocycles. The number of benzene rings is 1. The maximum absolute atomic E-state index is 13.3. The van der Waals surface area contributed by atoms with Gasteiger partial charge < -0.3 is 19.9 Å². The summed E-state index contributed by atoms with van der Waals surface area (Å²) in [6.45, 7) is 3.85. The van der Waals surface area contributed by atoms with Crippen molar-refractivity contribution in [1.82, 2.24) is 15.1 Å². The average Bonchev–Trinajstić information content (AvgIpc) is 3.52. The Kier molecular flexibility index (Phi) is 6.78. The molecule has 3 amide bonds. The summed E-state index contributed by atoms with van der Waals surface area (Å²) in [6.07, 6.45) is -1.63. The molecule has 2 aliphatic heterocycles. The van der Waals surface area contributed by atoms with Crippen LogP contribution in [-0.2, 0) is 15.7 Å². The lowest BCUT2D eigenvalue weighted by Gasteiger charge is -2.34. The molecule has 1 saturated carbocycles. The topological polar surface area (TPSA) is 79.0 Å². The zero-order valence-corrected chi connectivity index (χ0v) is 19.2. The quantitative estimate of drug-likeness (QED) is 0.712. The summed E-state index contributed by atoms with van der Waals surface area (Å²) in [7, 11) is 0. The molecule has 186 valence electrons. The van der Waals surface area contributed by atoms with Gasteiger partial charge >= 0.3 is 12.3 Å². The van der Waals surface area contributed by atoms with Gasteiger partial charge in [-0.3, -0.25) is 9.59 Å². The Balaban J connectivity index is 1.27. The van der Waals surface area contributed by atoms with Crippen LogP contribution in [0.2, 0.25) is 0 Å². The van der Waals surface area contributed by atoms with Crippen molar-refractivity contribution in [2.24, 2.45) is 11.3 Å². The molecular formula is C24H30F3N3O4. The number of alkyl halides is 3. The van der Waals surface area contributed by atoms with Gasteiger partial charge in [0.25, 0.3) is 5.91 Å². The molecule has 0 unspecified atom stereocenters. The number of hydrogen-bond acceptors (Lipinski definition) is 4. The fourth-order valence-corrected chi connectivity index (χ4v) is 5.24. The van der Waals surface area contributed by atoms with Crippen LogP contribution in [0.1, 0.15) is 54.9 Å². The number of ether oxygens (including phenoxy) is 1. The Hall–Kier alpha value is -2.78. The van der Waals surface area contributed by atoms with E-state index in [-0.39, 0.29) is 34.9 Å². The number of nitrogens with zero attached hydrogens (tertiary/aromatic N) is 2. The van der Waals surface area contributed by atoms with Crippen molar-refractivity contribution in [3.05, 3.63) is 35.4 Å². The molecule has 7 nitrogen and oxygen atoms in total. The van der Waals surface area contributed by atoms with E-state index in [1.165, 1.54) is 23.1 Å². The summed E-state index contributed by atoms with van der Waals surface area (Å²) in [5.41, 5.74) is -1.42. The molecule has 1 aromatic rings. The minimum absolute atomic E-state index is 0.00298. The first-order chi connectivity index (χ1) is 16.1. The zero-order chi connectivity index (χ0) is 24.5. The van der Waals surface area contributed by atoms with E-state index in [4.69, 9.17) is 4.74 Å². The number of likely N-dealkylation sites (tertiary alicyclic amines) is 2. The summed E-state index contributed by atoms with van der Waals surface area (Å²) in [5, 5.41) is 3.10. The van der Waals surface area contributed by atoms with E-state index in [0.717, 1.165) is 12.5 Å². The number of rotatable bonds is 4. The van der Waals surface area contributed by atoms with E-state index in [0.29, 0.717) is 58.5 Å². The third kappa shape index (κ3) is 5.00. The maximum Gasteiger partial charge on any atom is 0.417 e. The van der Waals surface area contributed by atoms with E-state index in [9.17, 15) is 27.6 Å². The number of piperidine rings is 2. The lowest BCUT2D eigenvalue weighted by Crippen LogP contribution is -2.47. The van der Waals surface area contributed by atoms with Crippen LogP contribution in [0.25, 0.3) is 0 Å². The third-order valence-corrected chi connectivity index (χ3v) is 7.38. The van der Waals surface area contributed by atoms with E-state index in [2.05, 4.69) is 5.32 Å². The average molecular weight is 482 g/mol. The summed E-state index contributed by atoms with van der Waals surface area (Å²) in [5.74, 6) is -0.745.